The molecular formula is C23H27N7O2S. The van der Waals surface area contributed by atoms with Crippen molar-refractivity contribution >= 4 is 32.7 Å². The summed E-state index contributed by atoms with van der Waals surface area (Å²) >= 11 is 0. The maximum atomic E-state index is 12.5. The maximum absolute atomic E-state index is 12.5. The van der Waals surface area contributed by atoms with E-state index < -0.39 is 10.0 Å². The lowest BCUT2D eigenvalue weighted by Crippen LogP contribution is -2.43. The maximum Gasteiger partial charge on any atom is 0.231 e. The Balaban J connectivity index is 1.33. The van der Waals surface area contributed by atoms with Gasteiger partial charge in [-0.2, -0.15) is 0 Å². The van der Waals surface area contributed by atoms with Gasteiger partial charge in [-0.25, -0.2) is 32.5 Å². The minimum atomic E-state index is -3.10. The highest BCUT2D eigenvalue weighted by Gasteiger charge is 2.41. The van der Waals surface area contributed by atoms with E-state index in [4.69, 9.17) is 11.6 Å². The van der Waals surface area contributed by atoms with E-state index in [9.17, 15) is 8.42 Å². The normalized spacial score (nSPS) is 18.8. The lowest BCUT2D eigenvalue weighted by Gasteiger charge is -2.34. The number of nitrogens with zero attached hydrogens (tertiary/aromatic N) is 5. The van der Waals surface area contributed by atoms with Crippen molar-refractivity contribution < 1.29 is 8.42 Å². The summed E-state index contributed by atoms with van der Waals surface area (Å²) in [5.74, 6) is 0.788. The number of sulfonamides is 1. The number of H-pyrrole nitrogens is 1. The van der Waals surface area contributed by atoms with Crippen LogP contribution in [0, 0.1) is 19.4 Å². The summed E-state index contributed by atoms with van der Waals surface area (Å²) in [6, 6.07) is 2.11. The van der Waals surface area contributed by atoms with Gasteiger partial charge in [0.15, 0.2) is 0 Å². The van der Waals surface area contributed by atoms with Gasteiger partial charge in [0.2, 0.25) is 21.7 Å². The molecule has 0 bridgehead atoms. The van der Waals surface area contributed by atoms with E-state index in [1.54, 1.807) is 16.7 Å². The van der Waals surface area contributed by atoms with Crippen LogP contribution in [0.4, 0.5) is 11.6 Å². The van der Waals surface area contributed by atoms with E-state index >= 15 is 0 Å². The molecule has 2 fully saturated rings. The first-order valence-corrected chi connectivity index (χ1v) is 12.8. The van der Waals surface area contributed by atoms with Crippen molar-refractivity contribution in [3.8, 4) is 11.3 Å². The van der Waals surface area contributed by atoms with E-state index in [0.717, 1.165) is 47.8 Å². The molecule has 3 aromatic heterocycles. The van der Waals surface area contributed by atoms with E-state index in [1.165, 1.54) is 0 Å². The molecule has 10 heteroatoms. The van der Waals surface area contributed by atoms with Crippen LogP contribution in [0.15, 0.2) is 24.7 Å². The quantitative estimate of drug-likeness (QED) is 0.535. The lowest BCUT2D eigenvalue weighted by atomic mass is 9.91. The average Bonchev–Trinajstić information content (AvgIpc) is 3.60. The first-order chi connectivity index (χ1) is 15.9. The minimum Gasteiger partial charge on any atom is -0.352 e. The fourth-order valence-electron chi connectivity index (χ4n) is 4.56. The highest BCUT2D eigenvalue weighted by Crippen LogP contribution is 2.35. The molecule has 1 saturated heterocycles. The third-order valence-electron chi connectivity index (χ3n) is 6.68. The summed E-state index contributed by atoms with van der Waals surface area (Å²) in [7, 11) is -3.10. The third kappa shape index (κ3) is 4.18. The van der Waals surface area contributed by atoms with Crippen LogP contribution in [-0.2, 0) is 10.0 Å². The molecule has 33 heavy (non-hydrogen) atoms. The van der Waals surface area contributed by atoms with E-state index in [-0.39, 0.29) is 11.3 Å². The molecule has 5 rings (SSSR count). The Hall–Kier alpha value is -3.03. The fraction of sp³-hybridized carbons (Fsp3) is 0.478. The number of aromatic nitrogens is 4. The van der Waals surface area contributed by atoms with Crippen LogP contribution in [0.2, 0.25) is 0 Å². The fourth-order valence-corrected chi connectivity index (χ4v) is 6.43. The van der Waals surface area contributed by atoms with Gasteiger partial charge >= 0.3 is 0 Å². The van der Waals surface area contributed by atoms with Gasteiger partial charge < -0.3 is 10.3 Å². The number of hydrogen-bond acceptors (Lipinski definition) is 6. The van der Waals surface area contributed by atoms with Crippen LogP contribution < -0.4 is 5.32 Å². The van der Waals surface area contributed by atoms with Crippen LogP contribution in [0.1, 0.15) is 38.2 Å². The van der Waals surface area contributed by atoms with Gasteiger partial charge in [0.25, 0.3) is 0 Å². The van der Waals surface area contributed by atoms with Crippen molar-refractivity contribution in [1.29, 1.82) is 0 Å². The number of anilines is 1. The van der Waals surface area contributed by atoms with Crippen molar-refractivity contribution in [3.05, 3.63) is 41.6 Å². The van der Waals surface area contributed by atoms with Gasteiger partial charge in [0, 0.05) is 48.7 Å². The highest BCUT2D eigenvalue weighted by atomic mass is 32.2. The van der Waals surface area contributed by atoms with Crippen LogP contribution in [0.25, 0.3) is 27.1 Å². The molecule has 172 valence electrons. The van der Waals surface area contributed by atoms with Crippen LogP contribution >= 0.6 is 0 Å². The topological polar surface area (TPSA) is 108 Å². The second-order valence-corrected chi connectivity index (χ2v) is 11.3. The van der Waals surface area contributed by atoms with Crippen molar-refractivity contribution in [1.82, 2.24) is 24.2 Å². The van der Waals surface area contributed by atoms with E-state index in [1.807, 2.05) is 19.2 Å². The van der Waals surface area contributed by atoms with E-state index in [2.05, 4.69) is 32.0 Å². The molecule has 0 radical (unpaired) electrons. The molecule has 0 aromatic carbocycles. The Morgan fingerprint density at radius 1 is 1.21 bits per heavy atom. The summed E-state index contributed by atoms with van der Waals surface area (Å²) in [5, 5.41) is 4.16. The predicted octanol–water partition coefficient (Wildman–Crippen LogP) is 3.88. The van der Waals surface area contributed by atoms with Crippen molar-refractivity contribution in [2.24, 2.45) is 5.92 Å². The van der Waals surface area contributed by atoms with Gasteiger partial charge in [-0.1, -0.05) is 0 Å². The van der Waals surface area contributed by atoms with E-state index in [0.29, 0.717) is 36.3 Å². The number of nitrogens with one attached hydrogen (secondary N) is 2. The van der Waals surface area contributed by atoms with Gasteiger partial charge in [0.05, 0.1) is 17.5 Å². The van der Waals surface area contributed by atoms with Crippen LogP contribution in [0.5, 0.6) is 0 Å². The highest BCUT2D eigenvalue weighted by molar-refractivity contribution is 7.90. The summed E-state index contributed by atoms with van der Waals surface area (Å²) in [6.07, 6.45) is 8.39. The van der Waals surface area contributed by atoms with Crippen LogP contribution in [0.3, 0.4) is 0 Å². The Morgan fingerprint density at radius 3 is 2.67 bits per heavy atom. The number of pyridine rings is 1. The largest absolute Gasteiger partial charge is 0.352 e. The minimum absolute atomic E-state index is 0.0781. The molecular weight excluding hydrogens is 438 g/mol. The number of fused-ring (bicyclic) bond motifs is 1. The first kappa shape index (κ1) is 21.8. The van der Waals surface area contributed by atoms with Crippen molar-refractivity contribution in [3.63, 3.8) is 0 Å². The van der Waals surface area contributed by atoms with Crippen molar-refractivity contribution in [2.75, 3.05) is 18.4 Å². The second kappa shape index (κ2) is 8.39. The number of piperidine rings is 1. The molecule has 1 unspecified atom stereocenters. The molecule has 3 aromatic rings. The third-order valence-corrected chi connectivity index (χ3v) is 9.08. The molecule has 9 nitrogen and oxygen atoms in total. The molecule has 0 amide bonds. The Morgan fingerprint density at radius 2 is 1.97 bits per heavy atom. The molecule has 1 saturated carbocycles. The summed E-state index contributed by atoms with van der Waals surface area (Å²) in [6.45, 7) is 12.8. The Labute approximate surface area is 193 Å². The number of rotatable bonds is 6. The van der Waals surface area contributed by atoms with Crippen LogP contribution in [-0.4, -0.2) is 57.0 Å². The molecule has 2 aliphatic rings. The monoisotopic (exact) mass is 465 g/mol. The standard InChI is InChI=1S/C23H27N7O2S/c1-14-10-18-19(12-26-22(18)25-11-14)21-20(24-3)13-27-23(29-21)28-15(2)16-6-8-30(9-7-16)33(31,32)17-4-5-17/h10-13,15-17H,4-9H2,1-2H3,(H,25,26)(H,27,28,29). The molecule has 4 heterocycles. The Bertz CT molecular complexity index is 1330. The molecule has 1 atom stereocenters. The van der Waals surface area contributed by atoms with Gasteiger partial charge in [-0.3, -0.25) is 0 Å². The lowest BCUT2D eigenvalue weighted by molar-refractivity contribution is 0.257. The van der Waals surface area contributed by atoms with Gasteiger partial charge in [0.1, 0.15) is 5.65 Å². The van der Waals surface area contributed by atoms with Gasteiger partial charge in [-0.05, 0) is 57.1 Å². The zero-order valence-electron chi connectivity index (χ0n) is 18.7. The molecule has 0 spiro atoms. The predicted molar refractivity (Wildman–Crippen MR) is 127 cm³/mol. The Kier molecular flexibility index (Phi) is 5.54. The number of aromatic amines is 1. The summed E-state index contributed by atoms with van der Waals surface area (Å²) in [4.78, 5) is 20.3. The second-order valence-electron chi connectivity index (χ2n) is 9.06. The van der Waals surface area contributed by atoms with Crippen molar-refractivity contribution in [2.45, 2.75) is 50.8 Å². The SMILES string of the molecule is [C-]#[N+]c1cnc(NC(C)C2CCN(S(=O)(=O)C3CC3)CC2)nc1-c1c[nH]c2ncc(C)cc12. The number of aryl methyl sites for hydroxylation is 1. The first-order valence-electron chi connectivity index (χ1n) is 11.3. The molecule has 1 aliphatic heterocycles. The summed E-state index contributed by atoms with van der Waals surface area (Å²) in [5.41, 5.74) is 3.56. The molecule has 2 N–H and O–H groups in total. The molecule has 1 aliphatic carbocycles. The van der Waals surface area contributed by atoms with Gasteiger partial charge in [-0.15, -0.1) is 0 Å². The smallest absolute Gasteiger partial charge is 0.231 e. The zero-order valence-corrected chi connectivity index (χ0v) is 19.6. The number of hydrogen-bond donors (Lipinski definition) is 2. The zero-order chi connectivity index (χ0) is 23.2. The average molecular weight is 466 g/mol. The summed E-state index contributed by atoms with van der Waals surface area (Å²) < 4.78 is 26.7.